The number of hydrogen-bond donors (Lipinski definition) is 1. The molecule has 1 N–H and O–H groups in total. The van der Waals surface area contributed by atoms with Crippen molar-refractivity contribution in [2.24, 2.45) is 0 Å². The number of aliphatic hydroxyl groups is 1. The molecule has 0 aliphatic rings. The maximum Gasteiger partial charge on any atom is 0.0852 e. The van der Waals surface area contributed by atoms with Crippen LogP contribution in [0.25, 0.3) is 10.9 Å². The lowest BCUT2D eigenvalue weighted by Gasteiger charge is -2.12. The number of rotatable bonds is 3. The van der Waals surface area contributed by atoms with E-state index in [1.54, 1.807) is 18.6 Å². The second-order valence-electron chi connectivity index (χ2n) is 4.50. The Bertz CT molecular complexity index is 677. The van der Waals surface area contributed by atoms with Gasteiger partial charge in [-0.25, -0.2) is 0 Å². The molecule has 0 radical (unpaired) electrons. The Morgan fingerprint density at radius 2 is 1.84 bits per heavy atom. The first-order valence-electron chi connectivity index (χ1n) is 6.25. The van der Waals surface area contributed by atoms with E-state index in [1.807, 2.05) is 42.5 Å². The van der Waals surface area contributed by atoms with Crippen molar-refractivity contribution in [1.82, 2.24) is 9.97 Å². The summed E-state index contributed by atoms with van der Waals surface area (Å²) in [6, 6.07) is 13.6. The lowest BCUT2D eigenvalue weighted by Crippen LogP contribution is -2.03. The van der Waals surface area contributed by atoms with E-state index >= 15 is 0 Å². The van der Waals surface area contributed by atoms with Crippen LogP contribution in [0.4, 0.5) is 0 Å². The van der Waals surface area contributed by atoms with Crippen LogP contribution in [0.5, 0.6) is 0 Å². The molecule has 0 aliphatic heterocycles. The van der Waals surface area contributed by atoms with Crippen molar-refractivity contribution in [1.29, 1.82) is 0 Å². The highest BCUT2D eigenvalue weighted by molar-refractivity contribution is 5.81. The van der Waals surface area contributed by atoms with Crippen LogP contribution in [0.15, 0.2) is 61.1 Å². The fourth-order valence-corrected chi connectivity index (χ4v) is 2.25. The summed E-state index contributed by atoms with van der Waals surface area (Å²) in [6.45, 7) is 0. The van der Waals surface area contributed by atoms with Gasteiger partial charge in [0.15, 0.2) is 0 Å². The molecule has 0 spiro atoms. The number of fused-ring (bicyclic) bond motifs is 1. The first-order chi connectivity index (χ1) is 9.34. The Morgan fingerprint density at radius 3 is 2.68 bits per heavy atom. The minimum atomic E-state index is -0.567. The van der Waals surface area contributed by atoms with Gasteiger partial charge < -0.3 is 5.11 Å². The van der Waals surface area contributed by atoms with E-state index in [4.69, 9.17) is 0 Å². The molecule has 1 unspecified atom stereocenters. The molecule has 1 aromatic carbocycles. The van der Waals surface area contributed by atoms with Crippen LogP contribution in [0, 0.1) is 0 Å². The lowest BCUT2D eigenvalue weighted by molar-refractivity contribution is 0.179. The molecule has 2 heterocycles. The van der Waals surface area contributed by atoms with Crippen molar-refractivity contribution in [3.63, 3.8) is 0 Å². The van der Waals surface area contributed by atoms with Crippen molar-refractivity contribution in [2.75, 3.05) is 0 Å². The second-order valence-corrected chi connectivity index (χ2v) is 4.50. The zero-order chi connectivity index (χ0) is 13.1. The van der Waals surface area contributed by atoms with Crippen LogP contribution < -0.4 is 0 Å². The van der Waals surface area contributed by atoms with E-state index < -0.39 is 6.10 Å². The average molecular weight is 250 g/mol. The Balaban J connectivity index is 1.96. The summed E-state index contributed by atoms with van der Waals surface area (Å²) in [5.74, 6) is 0. The number of aromatic nitrogens is 2. The molecule has 2 aromatic heterocycles. The van der Waals surface area contributed by atoms with Gasteiger partial charge in [0.05, 0.1) is 11.6 Å². The summed E-state index contributed by atoms with van der Waals surface area (Å²) in [6.07, 6.45) is 5.24. The molecule has 0 amide bonds. The van der Waals surface area contributed by atoms with Crippen LogP contribution >= 0.6 is 0 Å². The Labute approximate surface area is 111 Å². The third-order valence-electron chi connectivity index (χ3n) is 3.17. The van der Waals surface area contributed by atoms with Crippen molar-refractivity contribution >= 4 is 10.9 Å². The lowest BCUT2D eigenvalue weighted by atomic mass is 10.00. The molecule has 3 aromatic rings. The minimum Gasteiger partial charge on any atom is -0.388 e. The fourth-order valence-electron chi connectivity index (χ4n) is 2.25. The van der Waals surface area contributed by atoms with Crippen molar-refractivity contribution in [3.8, 4) is 0 Å². The Morgan fingerprint density at radius 1 is 1.00 bits per heavy atom. The molecule has 3 heteroatoms. The fraction of sp³-hybridized carbons (Fsp3) is 0.125. The SMILES string of the molecule is OC(Cc1cccnc1)c1cccc2cccnc12. The number of hydrogen-bond acceptors (Lipinski definition) is 3. The number of aliphatic hydroxyl groups excluding tert-OH is 1. The molecule has 94 valence electrons. The number of benzene rings is 1. The van der Waals surface area contributed by atoms with Gasteiger partial charge in [-0.1, -0.05) is 30.3 Å². The van der Waals surface area contributed by atoms with Crippen molar-refractivity contribution in [3.05, 3.63) is 72.2 Å². The van der Waals surface area contributed by atoms with Crippen LogP contribution in [0.3, 0.4) is 0 Å². The monoisotopic (exact) mass is 250 g/mol. The topological polar surface area (TPSA) is 46.0 Å². The summed E-state index contributed by atoms with van der Waals surface area (Å²) < 4.78 is 0. The molecular formula is C16H14N2O. The molecular weight excluding hydrogens is 236 g/mol. The van der Waals surface area contributed by atoms with Gasteiger partial charge in [-0.15, -0.1) is 0 Å². The zero-order valence-electron chi connectivity index (χ0n) is 10.4. The van der Waals surface area contributed by atoms with E-state index in [0.29, 0.717) is 6.42 Å². The van der Waals surface area contributed by atoms with Gasteiger partial charge in [-0.2, -0.15) is 0 Å². The first kappa shape index (κ1) is 11.8. The molecule has 3 nitrogen and oxygen atoms in total. The summed E-state index contributed by atoms with van der Waals surface area (Å²) in [7, 11) is 0. The molecule has 1 atom stereocenters. The van der Waals surface area contributed by atoms with Gasteiger partial charge >= 0.3 is 0 Å². The maximum absolute atomic E-state index is 10.4. The highest BCUT2D eigenvalue weighted by Crippen LogP contribution is 2.24. The molecule has 0 saturated heterocycles. The van der Waals surface area contributed by atoms with E-state index in [9.17, 15) is 5.11 Å². The molecule has 0 aliphatic carbocycles. The minimum absolute atomic E-state index is 0.545. The predicted molar refractivity (Wildman–Crippen MR) is 74.6 cm³/mol. The predicted octanol–water partition coefficient (Wildman–Crippen LogP) is 2.91. The maximum atomic E-state index is 10.4. The average Bonchev–Trinajstić information content (AvgIpc) is 2.47. The van der Waals surface area contributed by atoms with Gasteiger partial charge in [-0.3, -0.25) is 9.97 Å². The van der Waals surface area contributed by atoms with E-state index in [1.165, 1.54) is 0 Å². The normalized spacial score (nSPS) is 12.5. The first-order valence-corrected chi connectivity index (χ1v) is 6.25. The quantitative estimate of drug-likeness (QED) is 0.777. The van der Waals surface area contributed by atoms with E-state index in [-0.39, 0.29) is 0 Å². The van der Waals surface area contributed by atoms with Gasteiger partial charge in [0.25, 0.3) is 0 Å². The molecule has 3 rings (SSSR count). The highest BCUT2D eigenvalue weighted by Gasteiger charge is 2.12. The number of para-hydroxylation sites is 1. The van der Waals surface area contributed by atoms with Crippen LogP contribution in [0.1, 0.15) is 17.2 Å². The Hall–Kier alpha value is -2.26. The molecule has 0 fully saturated rings. The highest BCUT2D eigenvalue weighted by atomic mass is 16.3. The molecule has 19 heavy (non-hydrogen) atoms. The largest absolute Gasteiger partial charge is 0.388 e. The van der Waals surface area contributed by atoms with Crippen LogP contribution in [-0.2, 0) is 6.42 Å². The Kier molecular flexibility index (Phi) is 3.21. The van der Waals surface area contributed by atoms with Crippen molar-refractivity contribution < 1.29 is 5.11 Å². The number of pyridine rings is 2. The van der Waals surface area contributed by atoms with E-state index in [2.05, 4.69) is 9.97 Å². The van der Waals surface area contributed by atoms with Crippen LogP contribution in [0.2, 0.25) is 0 Å². The third-order valence-corrected chi connectivity index (χ3v) is 3.17. The smallest absolute Gasteiger partial charge is 0.0852 e. The molecule has 0 saturated carbocycles. The van der Waals surface area contributed by atoms with Gasteiger partial charge in [0.2, 0.25) is 0 Å². The summed E-state index contributed by atoms with van der Waals surface area (Å²) >= 11 is 0. The van der Waals surface area contributed by atoms with Gasteiger partial charge in [-0.05, 0) is 17.7 Å². The standard InChI is InChI=1S/C16H14N2O/c19-15(10-12-4-2-8-17-11-12)14-7-1-5-13-6-3-9-18-16(13)14/h1-9,11,15,19H,10H2. The summed E-state index contributed by atoms with van der Waals surface area (Å²) in [5.41, 5.74) is 2.74. The summed E-state index contributed by atoms with van der Waals surface area (Å²) in [5, 5.41) is 11.5. The van der Waals surface area contributed by atoms with E-state index in [0.717, 1.165) is 22.0 Å². The second kappa shape index (κ2) is 5.16. The summed E-state index contributed by atoms with van der Waals surface area (Å²) in [4.78, 5) is 8.44. The van der Waals surface area contributed by atoms with Gasteiger partial charge in [0, 0.05) is 36.0 Å². The van der Waals surface area contributed by atoms with Crippen LogP contribution in [-0.4, -0.2) is 15.1 Å². The van der Waals surface area contributed by atoms with Gasteiger partial charge in [0.1, 0.15) is 0 Å². The zero-order valence-corrected chi connectivity index (χ0v) is 10.4. The van der Waals surface area contributed by atoms with Crippen molar-refractivity contribution in [2.45, 2.75) is 12.5 Å². The molecule has 0 bridgehead atoms. The number of nitrogens with zero attached hydrogens (tertiary/aromatic N) is 2. The third kappa shape index (κ3) is 2.46.